The van der Waals surface area contributed by atoms with E-state index >= 15 is 0 Å². The van der Waals surface area contributed by atoms with Crippen LogP contribution in [0.3, 0.4) is 0 Å². The van der Waals surface area contributed by atoms with E-state index in [4.69, 9.17) is 14.7 Å². The number of nitrogens with zero attached hydrogens (tertiary/aromatic N) is 2. The van der Waals surface area contributed by atoms with Crippen LogP contribution in [0.15, 0.2) is 83.9 Å². The molecule has 0 atom stereocenters. The summed E-state index contributed by atoms with van der Waals surface area (Å²) in [5, 5.41) is 8.91. The molecule has 4 heteroatoms. The molecule has 0 heterocycles. The Kier molecular flexibility index (Phi) is 5.08. The Balaban J connectivity index is 1.95. The van der Waals surface area contributed by atoms with Crippen LogP contribution >= 0.6 is 0 Å². The predicted octanol–water partition coefficient (Wildman–Crippen LogP) is 4.72. The van der Waals surface area contributed by atoms with E-state index in [0.717, 1.165) is 17.0 Å². The topological polar surface area (TPSA) is 54.6 Å². The molecule has 0 saturated heterocycles. The largest absolute Gasteiger partial charge is 0.497 e. The molecular weight excluding hydrogens is 312 g/mol. The van der Waals surface area contributed by atoms with Crippen LogP contribution in [0, 0.1) is 11.3 Å². The molecular formula is C21H16N2O2. The monoisotopic (exact) mass is 328 g/mol. The minimum atomic E-state index is 0.471. The van der Waals surface area contributed by atoms with E-state index < -0.39 is 0 Å². The minimum Gasteiger partial charge on any atom is -0.497 e. The molecule has 0 aliphatic heterocycles. The summed E-state index contributed by atoms with van der Waals surface area (Å²) in [6.45, 7) is 0. The third-order valence-corrected chi connectivity index (χ3v) is 3.52. The zero-order valence-electron chi connectivity index (χ0n) is 13.7. The first-order valence-electron chi connectivity index (χ1n) is 7.74. The predicted molar refractivity (Wildman–Crippen MR) is 97.4 cm³/mol. The van der Waals surface area contributed by atoms with Crippen molar-refractivity contribution in [1.29, 1.82) is 5.26 Å². The normalized spacial score (nSPS) is 10.8. The van der Waals surface area contributed by atoms with Crippen molar-refractivity contribution in [2.24, 2.45) is 4.99 Å². The highest BCUT2D eigenvalue weighted by Crippen LogP contribution is 2.20. The van der Waals surface area contributed by atoms with Gasteiger partial charge in [0.1, 0.15) is 11.5 Å². The molecule has 0 radical (unpaired) electrons. The van der Waals surface area contributed by atoms with Gasteiger partial charge < -0.3 is 9.47 Å². The molecule has 0 bridgehead atoms. The van der Waals surface area contributed by atoms with E-state index in [1.807, 2.05) is 54.6 Å². The maximum Gasteiger partial charge on any atom is 0.227 e. The number of aliphatic imine (C=N–C) groups is 1. The van der Waals surface area contributed by atoms with Crippen molar-refractivity contribution in [3.05, 3.63) is 90.0 Å². The second kappa shape index (κ2) is 7.80. The van der Waals surface area contributed by atoms with Crippen LogP contribution in [-0.4, -0.2) is 13.0 Å². The second-order valence-electron chi connectivity index (χ2n) is 5.22. The third-order valence-electron chi connectivity index (χ3n) is 3.52. The lowest BCUT2D eigenvalue weighted by molar-refractivity contribution is 0.414. The number of ether oxygens (including phenoxy) is 2. The van der Waals surface area contributed by atoms with Gasteiger partial charge in [-0.2, -0.15) is 5.26 Å². The Morgan fingerprint density at radius 3 is 2.08 bits per heavy atom. The van der Waals surface area contributed by atoms with Crippen molar-refractivity contribution >= 4 is 11.6 Å². The summed E-state index contributed by atoms with van der Waals surface area (Å²) >= 11 is 0. The summed E-state index contributed by atoms with van der Waals surface area (Å²) < 4.78 is 11.2. The van der Waals surface area contributed by atoms with Gasteiger partial charge >= 0.3 is 0 Å². The van der Waals surface area contributed by atoms with Crippen LogP contribution < -0.4 is 9.47 Å². The molecule has 4 nitrogen and oxygen atoms in total. The van der Waals surface area contributed by atoms with Crippen LogP contribution in [0.1, 0.15) is 11.1 Å². The van der Waals surface area contributed by atoms with Crippen molar-refractivity contribution in [2.45, 2.75) is 0 Å². The van der Waals surface area contributed by atoms with Crippen molar-refractivity contribution in [3.8, 4) is 17.6 Å². The van der Waals surface area contributed by atoms with Crippen LogP contribution in [-0.2, 0) is 0 Å². The number of methoxy groups -OCH3 is 1. The molecule has 0 amide bonds. The van der Waals surface area contributed by atoms with Gasteiger partial charge in [0, 0.05) is 5.56 Å². The fraction of sp³-hybridized carbons (Fsp3) is 0.0476. The molecule has 0 saturated carbocycles. The lowest BCUT2D eigenvalue weighted by Gasteiger charge is -2.10. The average molecular weight is 328 g/mol. The Morgan fingerprint density at radius 1 is 0.840 bits per heavy atom. The standard InChI is InChI=1S/C21H16N2O2/c1-24-19-13-9-17(10-14-19)21(23-18-5-3-2-4-6-18)25-20-11-7-16(15-22)8-12-20/h2-14H,1H3. The highest BCUT2D eigenvalue weighted by molar-refractivity contribution is 5.97. The van der Waals surface area contributed by atoms with E-state index in [0.29, 0.717) is 17.2 Å². The quantitative estimate of drug-likeness (QED) is 0.514. The molecule has 0 fully saturated rings. The van der Waals surface area contributed by atoms with Crippen molar-refractivity contribution < 1.29 is 9.47 Å². The van der Waals surface area contributed by atoms with Gasteiger partial charge in [0.05, 0.1) is 24.4 Å². The summed E-state index contributed by atoms with van der Waals surface area (Å²) in [6.07, 6.45) is 0. The van der Waals surface area contributed by atoms with E-state index in [1.54, 1.807) is 31.4 Å². The Bertz CT molecular complexity index is 893. The zero-order chi connectivity index (χ0) is 17.5. The molecule has 0 aliphatic carbocycles. The van der Waals surface area contributed by atoms with Gasteiger partial charge in [0.2, 0.25) is 5.90 Å². The smallest absolute Gasteiger partial charge is 0.227 e. The van der Waals surface area contributed by atoms with Gasteiger partial charge in [-0.05, 0) is 60.7 Å². The lowest BCUT2D eigenvalue weighted by Crippen LogP contribution is -2.10. The summed E-state index contributed by atoms with van der Waals surface area (Å²) in [5.74, 6) is 1.85. The maximum absolute atomic E-state index is 8.91. The molecule has 122 valence electrons. The lowest BCUT2D eigenvalue weighted by atomic mass is 10.2. The Hall–Kier alpha value is -3.58. The SMILES string of the molecule is COc1ccc(C(=Nc2ccccc2)Oc2ccc(C#N)cc2)cc1. The summed E-state index contributed by atoms with van der Waals surface area (Å²) in [7, 11) is 1.63. The number of hydrogen-bond acceptors (Lipinski definition) is 4. The van der Waals surface area contributed by atoms with Gasteiger partial charge in [-0.25, -0.2) is 4.99 Å². The van der Waals surface area contributed by atoms with Gasteiger partial charge in [0.25, 0.3) is 0 Å². The summed E-state index contributed by atoms with van der Waals surface area (Å²) in [5.41, 5.74) is 2.20. The number of para-hydroxylation sites is 1. The van der Waals surface area contributed by atoms with E-state index in [-0.39, 0.29) is 0 Å². The zero-order valence-corrected chi connectivity index (χ0v) is 13.7. The molecule has 0 N–H and O–H groups in total. The van der Waals surface area contributed by atoms with Crippen LogP contribution in [0.5, 0.6) is 11.5 Å². The van der Waals surface area contributed by atoms with Gasteiger partial charge in [-0.3, -0.25) is 0 Å². The minimum absolute atomic E-state index is 0.471. The molecule has 3 rings (SSSR count). The average Bonchev–Trinajstić information content (AvgIpc) is 2.69. The van der Waals surface area contributed by atoms with Crippen LogP contribution in [0.25, 0.3) is 0 Å². The van der Waals surface area contributed by atoms with Crippen LogP contribution in [0.4, 0.5) is 5.69 Å². The number of benzene rings is 3. The van der Waals surface area contributed by atoms with E-state index in [9.17, 15) is 0 Å². The van der Waals surface area contributed by atoms with Crippen molar-refractivity contribution in [3.63, 3.8) is 0 Å². The number of rotatable bonds is 4. The first-order chi connectivity index (χ1) is 12.3. The highest BCUT2D eigenvalue weighted by atomic mass is 16.5. The fourth-order valence-electron chi connectivity index (χ4n) is 2.21. The van der Waals surface area contributed by atoms with E-state index in [2.05, 4.69) is 11.1 Å². The molecule has 25 heavy (non-hydrogen) atoms. The van der Waals surface area contributed by atoms with E-state index in [1.165, 1.54) is 0 Å². The fourth-order valence-corrected chi connectivity index (χ4v) is 2.21. The molecule has 3 aromatic rings. The van der Waals surface area contributed by atoms with Gasteiger partial charge in [-0.15, -0.1) is 0 Å². The van der Waals surface area contributed by atoms with Crippen LogP contribution in [0.2, 0.25) is 0 Å². The van der Waals surface area contributed by atoms with Gasteiger partial charge in [0.15, 0.2) is 0 Å². The van der Waals surface area contributed by atoms with Crippen molar-refractivity contribution in [1.82, 2.24) is 0 Å². The second-order valence-corrected chi connectivity index (χ2v) is 5.22. The molecule has 0 unspecified atom stereocenters. The molecule has 0 aromatic heterocycles. The maximum atomic E-state index is 8.91. The Morgan fingerprint density at radius 2 is 1.48 bits per heavy atom. The molecule has 3 aromatic carbocycles. The first kappa shape index (κ1) is 16.3. The van der Waals surface area contributed by atoms with Crippen molar-refractivity contribution in [2.75, 3.05) is 7.11 Å². The summed E-state index contributed by atoms with van der Waals surface area (Å²) in [6, 6.07) is 26.1. The summed E-state index contributed by atoms with van der Waals surface area (Å²) in [4.78, 5) is 4.61. The number of hydrogen-bond donors (Lipinski definition) is 0. The first-order valence-corrected chi connectivity index (χ1v) is 7.74. The third kappa shape index (κ3) is 4.24. The molecule has 0 aliphatic rings. The highest BCUT2D eigenvalue weighted by Gasteiger charge is 2.08. The number of nitriles is 1. The Labute approximate surface area is 146 Å². The van der Waals surface area contributed by atoms with Gasteiger partial charge in [-0.1, -0.05) is 18.2 Å². The molecule has 0 spiro atoms.